The van der Waals surface area contributed by atoms with Crippen molar-refractivity contribution in [3.8, 4) is 0 Å². The van der Waals surface area contributed by atoms with Gasteiger partial charge in [0.2, 0.25) is 0 Å². The number of aliphatic carboxylic acids is 1. The lowest BCUT2D eigenvalue weighted by Gasteiger charge is -2.37. The first-order chi connectivity index (χ1) is 8.41. The van der Waals surface area contributed by atoms with Gasteiger partial charge in [0.05, 0.1) is 5.60 Å². The van der Waals surface area contributed by atoms with Gasteiger partial charge in [-0.3, -0.25) is 0 Å². The smallest absolute Gasteiger partial charge is 0.330 e. The van der Waals surface area contributed by atoms with Crippen molar-refractivity contribution in [2.75, 3.05) is 0 Å². The van der Waals surface area contributed by atoms with Crippen LogP contribution in [0, 0.1) is 17.8 Å². The zero-order chi connectivity index (χ0) is 13.1. The van der Waals surface area contributed by atoms with Crippen molar-refractivity contribution in [1.29, 1.82) is 0 Å². The lowest BCUT2D eigenvalue weighted by Crippen LogP contribution is -2.41. The lowest BCUT2D eigenvalue weighted by atomic mass is 9.65. The van der Waals surface area contributed by atoms with Gasteiger partial charge >= 0.3 is 5.97 Å². The van der Waals surface area contributed by atoms with Gasteiger partial charge < -0.3 is 9.84 Å². The molecule has 1 heterocycles. The fraction of sp³-hybridized carbons (Fsp3) is 0.800. The maximum Gasteiger partial charge on any atom is 0.330 e. The molecule has 0 aromatic heterocycles. The van der Waals surface area contributed by atoms with E-state index in [-0.39, 0.29) is 11.2 Å². The third-order valence-corrected chi connectivity index (χ3v) is 5.62. The van der Waals surface area contributed by atoms with Crippen molar-refractivity contribution >= 4 is 5.97 Å². The fourth-order valence-electron chi connectivity index (χ4n) is 4.60. The molecule has 1 saturated heterocycles. The number of hydrogen-bond acceptors (Lipinski definition) is 2. The second-order valence-electron chi connectivity index (χ2n) is 6.59. The van der Waals surface area contributed by atoms with Crippen LogP contribution in [0.15, 0.2) is 11.6 Å². The van der Waals surface area contributed by atoms with E-state index in [1.165, 1.54) is 12.8 Å². The average Bonchev–Trinajstić information content (AvgIpc) is 2.79. The van der Waals surface area contributed by atoms with Gasteiger partial charge in [-0.15, -0.1) is 0 Å². The standard InChI is InChI=1S/C15H22O3/c1-9-4-5-11(8-10(2)13(16)17)15-12(9)6-7-14(15,3)18-15/h8-9,11-12H,4-7H2,1-3H3,(H,16,17)/b10-8+/t9-,11-,12+,14-,15+/m0/s1. The van der Waals surface area contributed by atoms with Crippen LogP contribution in [0.1, 0.15) is 46.5 Å². The summed E-state index contributed by atoms with van der Waals surface area (Å²) < 4.78 is 6.16. The number of ether oxygens (including phenoxy) is 1. The number of carbonyl (C=O) groups is 1. The number of epoxide rings is 1. The molecule has 100 valence electrons. The topological polar surface area (TPSA) is 49.8 Å². The van der Waals surface area contributed by atoms with Crippen molar-refractivity contribution in [3.05, 3.63) is 11.6 Å². The molecule has 3 heteroatoms. The van der Waals surface area contributed by atoms with Gasteiger partial charge in [-0.2, -0.15) is 0 Å². The Morgan fingerprint density at radius 1 is 1.39 bits per heavy atom. The first-order valence-corrected chi connectivity index (χ1v) is 7.02. The molecule has 0 aromatic carbocycles. The second kappa shape index (κ2) is 3.60. The Bertz CT molecular complexity index is 427. The summed E-state index contributed by atoms with van der Waals surface area (Å²) in [6.07, 6.45) is 6.60. The number of carboxylic acids is 1. The highest BCUT2D eigenvalue weighted by atomic mass is 16.6. The van der Waals surface area contributed by atoms with E-state index in [0.717, 1.165) is 12.8 Å². The van der Waals surface area contributed by atoms with Gasteiger partial charge in [0.15, 0.2) is 0 Å². The molecule has 3 fully saturated rings. The SMILES string of the molecule is C/C(=C\[C@@H]1CC[C@H](C)[C@H]2CC[C@]3(C)O[C@]123)C(=O)O. The van der Waals surface area contributed by atoms with Gasteiger partial charge in [-0.05, 0) is 51.4 Å². The summed E-state index contributed by atoms with van der Waals surface area (Å²) >= 11 is 0. The Morgan fingerprint density at radius 2 is 2.11 bits per heavy atom. The Kier molecular flexibility index (Phi) is 2.44. The summed E-state index contributed by atoms with van der Waals surface area (Å²) in [5.74, 6) is 0.826. The summed E-state index contributed by atoms with van der Waals surface area (Å²) in [6.45, 7) is 6.23. The molecule has 1 aliphatic heterocycles. The second-order valence-corrected chi connectivity index (χ2v) is 6.59. The monoisotopic (exact) mass is 250 g/mol. The minimum atomic E-state index is -0.804. The molecule has 2 saturated carbocycles. The molecule has 5 atom stereocenters. The molecule has 0 aromatic rings. The van der Waals surface area contributed by atoms with Crippen LogP contribution in [-0.2, 0) is 9.53 Å². The predicted molar refractivity (Wildman–Crippen MR) is 68.2 cm³/mol. The highest BCUT2D eigenvalue weighted by molar-refractivity contribution is 5.85. The highest BCUT2D eigenvalue weighted by Crippen LogP contribution is 2.70. The predicted octanol–water partition coefficient (Wildman–Crippen LogP) is 3.00. The minimum absolute atomic E-state index is 0.0201. The molecule has 0 radical (unpaired) electrons. The summed E-state index contributed by atoms with van der Waals surface area (Å²) in [4.78, 5) is 11.0. The van der Waals surface area contributed by atoms with Crippen LogP contribution in [0.4, 0.5) is 0 Å². The molecule has 0 amide bonds. The van der Waals surface area contributed by atoms with Crippen LogP contribution >= 0.6 is 0 Å². The Morgan fingerprint density at radius 3 is 2.72 bits per heavy atom. The third-order valence-electron chi connectivity index (χ3n) is 5.62. The highest BCUT2D eigenvalue weighted by Gasteiger charge is 2.77. The van der Waals surface area contributed by atoms with E-state index in [2.05, 4.69) is 13.8 Å². The Labute approximate surface area is 108 Å². The molecular weight excluding hydrogens is 228 g/mol. The maximum absolute atomic E-state index is 11.0. The molecule has 18 heavy (non-hydrogen) atoms. The summed E-state index contributed by atoms with van der Waals surface area (Å²) in [5, 5.41) is 9.06. The quantitative estimate of drug-likeness (QED) is 0.605. The van der Waals surface area contributed by atoms with E-state index in [1.807, 2.05) is 6.08 Å². The average molecular weight is 250 g/mol. The molecule has 0 bridgehead atoms. The molecule has 3 rings (SSSR count). The first kappa shape index (κ1) is 12.2. The van der Waals surface area contributed by atoms with Gasteiger partial charge in [0.25, 0.3) is 0 Å². The maximum atomic E-state index is 11.0. The van der Waals surface area contributed by atoms with Crippen molar-refractivity contribution < 1.29 is 14.6 Å². The third kappa shape index (κ3) is 1.37. The first-order valence-electron chi connectivity index (χ1n) is 7.02. The molecule has 1 N–H and O–H groups in total. The van der Waals surface area contributed by atoms with E-state index in [1.54, 1.807) is 6.92 Å². The summed E-state index contributed by atoms with van der Waals surface area (Å²) in [7, 11) is 0. The van der Waals surface area contributed by atoms with Crippen LogP contribution in [0.5, 0.6) is 0 Å². The molecule has 3 aliphatic rings. The minimum Gasteiger partial charge on any atom is -0.478 e. The van der Waals surface area contributed by atoms with Crippen molar-refractivity contribution in [2.24, 2.45) is 17.8 Å². The Hall–Kier alpha value is -0.830. The Balaban J connectivity index is 1.93. The largest absolute Gasteiger partial charge is 0.478 e. The lowest BCUT2D eigenvalue weighted by molar-refractivity contribution is -0.132. The molecule has 1 spiro atoms. The zero-order valence-corrected chi connectivity index (χ0v) is 11.4. The molecule has 0 unspecified atom stereocenters. The van der Waals surface area contributed by atoms with Crippen LogP contribution < -0.4 is 0 Å². The van der Waals surface area contributed by atoms with Gasteiger partial charge in [0.1, 0.15) is 5.60 Å². The van der Waals surface area contributed by atoms with Crippen LogP contribution in [0.3, 0.4) is 0 Å². The van der Waals surface area contributed by atoms with Crippen molar-refractivity contribution in [1.82, 2.24) is 0 Å². The van der Waals surface area contributed by atoms with Gasteiger partial charge in [-0.1, -0.05) is 13.0 Å². The number of carboxylic acid groups (broad SMARTS) is 1. The van der Waals surface area contributed by atoms with Crippen LogP contribution in [-0.4, -0.2) is 22.3 Å². The van der Waals surface area contributed by atoms with E-state index in [0.29, 0.717) is 23.3 Å². The fourth-order valence-corrected chi connectivity index (χ4v) is 4.60. The molecule has 3 nitrogen and oxygen atoms in total. The molecule has 2 aliphatic carbocycles. The van der Waals surface area contributed by atoms with Gasteiger partial charge in [0, 0.05) is 11.5 Å². The van der Waals surface area contributed by atoms with Crippen LogP contribution in [0.2, 0.25) is 0 Å². The van der Waals surface area contributed by atoms with Crippen LogP contribution in [0.25, 0.3) is 0 Å². The van der Waals surface area contributed by atoms with Gasteiger partial charge in [-0.25, -0.2) is 4.79 Å². The van der Waals surface area contributed by atoms with E-state index < -0.39 is 5.97 Å². The van der Waals surface area contributed by atoms with E-state index in [4.69, 9.17) is 9.84 Å². The normalized spacial score (nSPS) is 50.6. The number of rotatable bonds is 2. The van der Waals surface area contributed by atoms with Crippen molar-refractivity contribution in [3.63, 3.8) is 0 Å². The summed E-state index contributed by atoms with van der Waals surface area (Å²) in [5.41, 5.74) is 0.445. The van der Waals surface area contributed by atoms with E-state index in [9.17, 15) is 4.79 Å². The van der Waals surface area contributed by atoms with E-state index >= 15 is 0 Å². The number of hydrogen-bond donors (Lipinski definition) is 1. The molecular formula is C15H22O3. The zero-order valence-electron chi connectivity index (χ0n) is 11.4. The summed E-state index contributed by atoms with van der Waals surface area (Å²) in [6, 6.07) is 0. The van der Waals surface area contributed by atoms with Crippen molar-refractivity contribution in [2.45, 2.75) is 57.7 Å².